The van der Waals surface area contributed by atoms with E-state index in [1.165, 1.54) is 12.8 Å². The van der Waals surface area contributed by atoms with Gasteiger partial charge in [-0.1, -0.05) is 47.5 Å². The summed E-state index contributed by atoms with van der Waals surface area (Å²) in [6, 6.07) is 0.553. The second kappa shape index (κ2) is 5.20. The molecule has 0 radical (unpaired) electrons. The maximum absolute atomic E-state index is 12.6. The van der Waals surface area contributed by atoms with Gasteiger partial charge in [0.1, 0.15) is 0 Å². The number of carbonyl (C=O) groups is 1. The van der Waals surface area contributed by atoms with E-state index < -0.39 is 0 Å². The van der Waals surface area contributed by atoms with E-state index >= 15 is 0 Å². The number of hydrogen-bond donors (Lipinski definition) is 1. The van der Waals surface area contributed by atoms with Gasteiger partial charge < -0.3 is 4.90 Å². The second-order valence-corrected chi connectivity index (χ2v) is 6.44. The molecule has 18 heavy (non-hydrogen) atoms. The Kier molecular flexibility index (Phi) is 4.00. The first-order valence-electron chi connectivity index (χ1n) is 7.59. The third-order valence-electron chi connectivity index (χ3n) is 4.78. The van der Waals surface area contributed by atoms with Crippen LogP contribution in [0.15, 0.2) is 0 Å². The Balaban J connectivity index is 2.13. The molecule has 104 valence electrons. The zero-order valence-electron chi connectivity index (χ0n) is 12.4. The molecular formula is C15H28N2O. The van der Waals surface area contributed by atoms with Gasteiger partial charge >= 0.3 is 0 Å². The van der Waals surface area contributed by atoms with Crippen LogP contribution >= 0.6 is 0 Å². The monoisotopic (exact) mass is 252 g/mol. The van der Waals surface area contributed by atoms with Crippen LogP contribution in [0.3, 0.4) is 0 Å². The van der Waals surface area contributed by atoms with E-state index in [9.17, 15) is 4.79 Å². The molecule has 0 aromatic rings. The van der Waals surface area contributed by atoms with Gasteiger partial charge in [0.25, 0.3) is 0 Å². The Morgan fingerprint density at radius 1 is 1.33 bits per heavy atom. The number of amides is 1. The summed E-state index contributed by atoms with van der Waals surface area (Å²) in [5.74, 6) is 2.01. The van der Waals surface area contributed by atoms with Crippen LogP contribution in [-0.2, 0) is 4.79 Å². The topological polar surface area (TPSA) is 32.3 Å². The highest BCUT2D eigenvalue weighted by Crippen LogP contribution is 2.42. The van der Waals surface area contributed by atoms with Crippen molar-refractivity contribution >= 4 is 5.91 Å². The van der Waals surface area contributed by atoms with Gasteiger partial charge in [-0.05, 0) is 24.2 Å². The molecule has 1 N–H and O–H groups in total. The molecule has 0 aromatic heterocycles. The largest absolute Gasteiger partial charge is 0.322 e. The lowest BCUT2D eigenvalue weighted by molar-refractivity contribution is -0.132. The molecule has 1 saturated carbocycles. The molecule has 2 rings (SSSR count). The zero-order chi connectivity index (χ0) is 13.4. The first kappa shape index (κ1) is 13.9. The van der Waals surface area contributed by atoms with E-state index in [1.54, 1.807) is 0 Å². The van der Waals surface area contributed by atoms with E-state index in [1.807, 2.05) is 0 Å². The minimum Gasteiger partial charge on any atom is -0.322 e. The number of carbonyl (C=O) groups excluding carboxylic acids is 1. The third kappa shape index (κ3) is 2.29. The first-order valence-corrected chi connectivity index (χ1v) is 7.59. The molecule has 5 unspecified atom stereocenters. The summed E-state index contributed by atoms with van der Waals surface area (Å²) in [7, 11) is 0. The Morgan fingerprint density at radius 2 is 2.00 bits per heavy atom. The SMILES string of the molecule is CCC(C)C1NC(C(C)C)N(C2CC2CC)C1=O. The van der Waals surface area contributed by atoms with Crippen LogP contribution < -0.4 is 5.32 Å². The predicted molar refractivity (Wildman–Crippen MR) is 74.0 cm³/mol. The quantitative estimate of drug-likeness (QED) is 0.816. The minimum absolute atomic E-state index is 0.0421. The van der Waals surface area contributed by atoms with Gasteiger partial charge in [-0.15, -0.1) is 0 Å². The molecule has 2 aliphatic rings. The van der Waals surface area contributed by atoms with Crippen LogP contribution in [0.5, 0.6) is 0 Å². The standard InChI is InChI=1S/C15H28N2O/c1-6-10(5)13-15(18)17(12-8-11(12)7-2)14(16-13)9(3)4/h9-14,16H,6-8H2,1-5H3. The van der Waals surface area contributed by atoms with Gasteiger partial charge in [-0.2, -0.15) is 0 Å². The lowest BCUT2D eigenvalue weighted by Crippen LogP contribution is -2.43. The molecule has 3 heteroatoms. The summed E-state index contributed by atoms with van der Waals surface area (Å²) in [6.45, 7) is 11.0. The molecule has 3 nitrogen and oxygen atoms in total. The Labute approximate surface area is 111 Å². The van der Waals surface area contributed by atoms with Gasteiger partial charge in [-0.3, -0.25) is 10.1 Å². The van der Waals surface area contributed by atoms with Crippen molar-refractivity contribution in [2.24, 2.45) is 17.8 Å². The average Bonchev–Trinajstić information content (AvgIpc) is 3.04. The van der Waals surface area contributed by atoms with Crippen molar-refractivity contribution in [3.63, 3.8) is 0 Å². The highest BCUT2D eigenvalue weighted by Gasteiger charge is 2.52. The van der Waals surface area contributed by atoms with E-state index in [-0.39, 0.29) is 12.2 Å². The van der Waals surface area contributed by atoms with E-state index in [0.29, 0.717) is 23.8 Å². The molecule has 1 saturated heterocycles. The summed E-state index contributed by atoms with van der Waals surface area (Å²) < 4.78 is 0. The van der Waals surface area contributed by atoms with Crippen molar-refractivity contribution in [2.45, 2.75) is 72.1 Å². The highest BCUT2D eigenvalue weighted by molar-refractivity contribution is 5.85. The molecule has 0 aromatic carbocycles. The third-order valence-corrected chi connectivity index (χ3v) is 4.78. The lowest BCUT2D eigenvalue weighted by atomic mass is 9.99. The Hall–Kier alpha value is -0.570. The van der Waals surface area contributed by atoms with Crippen LogP contribution in [0.2, 0.25) is 0 Å². The van der Waals surface area contributed by atoms with E-state index in [0.717, 1.165) is 12.3 Å². The summed E-state index contributed by atoms with van der Waals surface area (Å²) in [6.07, 6.45) is 3.72. The van der Waals surface area contributed by atoms with Crippen molar-refractivity contribution in [3.05, 3.63) is 0 Å². The average molecular weight is 252 g/mol. The van der Waals surface area contributed by atoms with Gasteiger partial charge in [0.15, 0.2) is 0 Å². The number of hydrogen-bond acceptors (Lipinski definition) is 2. The Morgan fingerprint density at radius 3 is 2.44 bits per heavy atom. The maximum Gasteiger partial charge on any atom is 0.241 e. The number of rotatable bonds is 5. The molecule has 2 fully saturated rings. The fourth-order valence-corrected chi connectivity index (χ4v) is 3.17. The summed E-state index contributed by atoms with van der Waals surface area (Å²) >= 11 is 0. The minimum atomic E-state index is 0.0421. The molecule has 1 heterocycles. The van der Waals surface area contributed by atoms with E-state index in [4.69, 9.17) is 0 Å². The smallest absolute Gasteiger partial charge is 0.241 e. The summed E-state index contributed by atoms with van der Waals surface area (Å²) in [5.41, 5.74) is 0. The number of nitrogens with one attached hydrogen (secondary N) is 1. The molecule has 0 spiro atoms. The van der Waals surface area contributed by atoms with Gasteiger partial charge in [0, 0.05) is 6.04 Å². The van der Waals surface area contributed by atoms with Crippen molar-refractivity contribution < 1.29 is 4.79 Å². The van der Waals surface area contributed by atoms with Crippen LogP contribution in [0.4, 0.5) is 0 Å². The zero-order valence-corrected chi connectivity index (χ0v) is 12.4. The summed E-state index contributed by atoms with van der Waals surface area (Å²) in [5, 5.41) is 3.58. The normalized spacial score (nSPS) is 37.4. The molecule has 1 aliphatic heterocycles. The fourth-order valence-electron chi connectivity index (χ4n) is 3.17. The molecule has 5 atom stereocenters. The van der Waals surface area contributed by atoms with Gasteiger partial charge in [-0.25, -0.2) is 0 Å². The van der Waals surface area contributed by atoms with Crippen molar-refractivity contribution in [3.8, 4) is 0 Å². The van der Waals surface area contributed by atoms with Crippen molar-refractivity contribution in [1.29, 1.82) is 0 Å². The Bertz CT molecular complexity index is 316. The van der Waals surface area contributed by atoms with E-state index in [2.05, 4.69) is 44.8 Å². The molecule has 1 aliphatic carbocycles. The van der Waals surface area contributed by atoms with Crippen LogP contribution in [0, 0.1) is 17.8 Å². The predicted octanol–water partition coefficient (Wildman–Crippen LogP) is 2.61. The molecule has 0 bridgehead atoms. The van der Waals surface area contributed by atoms with Crippen LogP contribution in [-0.4, -0.2) is 29.1 Å². The van der Waals surface area contributed by atoms with Gasteiger partial charge in [0.2, 0.25) is 5.91 Å². The highest BCUT2D eigenvalue weighted by atomic mass is 16.2. The van der Waals surface area contributed by atoms with Crippen LogP contribution in [0.1, 0.15) is 53.9 Å². The van der Waals surface area contributed by atoms with Crippen molar-refractivity contribution in [1.82, 2.24) is 10.2 Å². The molecule has 1 amide bonds. The lowest BCUT2D eigenvalue weighted by Gasteiger charge is -2.27. The maximum atomic E-state index is 12.6. The molecular weight excluding hydrogens is 224 g/mol. The van der Waals surface area contributed by atoms with Crippen molar-refractivity contribution in [2.75, 3.05) is 0 Å². The van der Waals surface area contributed by atoms with Crippen LogP contribution in [0.25, 0.3) is 0 Å². The fraction of sp³-hybridized carbons (Fsp3) is 0.933. The van der Waals surface area contributed by atoms with Gasteiger partial charge in [0.05, 0.1) is 12.2 Å². The first-order chi connectivity index (χ1) is 8.51. The summed E-state index contributed by atoms with van der Waals surface area (Å²) in [4.78, 5) is 14.8. The number of nitrogens with zero attached hydrogens (tertiary/aromatic N) is 1. The second-order valence-electron chi connectivity index (χ2n) is 6.44.